The lowest BCUT2D eigenvalue weighted by atomic mass is 10.1. The van der Waals surface area contributed by atoms with Crippen molar-refractivity contribution < 1.29 is 16.8 Å². The second-order valence-corrected chi connectivity index (χ2v) is 12.0. The molecule has 4 aromatic rings. The molecule has 0 aliphatic rings. The Labute approximate surface area is 212 Å². The Hall–Kier alpha value is -3.34. The van der Waals surface area contributed by atoms with Crippen LogP contribution in [0.15, 0.2) is 82.6 Å². The molecule has 0 saturated heterocycles. The first-order valence-electron chi connectivity index (χ1n) is 11.6. The molecule has 0 aliphatic carbocycles. The summed E-state index contributed by atoms with van der Waals surface area (Å²) in [7, 11) is -7.46. The van der Waals surface area contributed by atoms with Gasteiger partial charge in [-0.15, -0.1) is 0 Å². The van der Waals surface area contributed by atoms with Gasteiger partial charge in [0.2, 0.25) is 10.0 Å². The molecule has 10 heteroatoms. The summed E-state index contributed by atoms with van der Waals surface area (Å²) in [5.74, 6) is 0.133. The fourth-order valence-electron chi connectivity index (χ4n) is 3.83. The maximum atomic E-state index is 13.1. The van der Waals surface area contributed by atoms with E-state index in [0.717, 1.165) is 11.1 Å². The van der Waals surface area contributed by atoms with Crippen LogP contribution in [0.3, 0.4) is 0 Å². The van der Waals surface area contributed by atoms with Crippen molar-refractivity contribution in [3.8, 4) is 0 Å². The van der Waals surface area contributed by atoms with Gasteiger partial charge in [0.1, 0.15) is 0 Å². The van der Waals surface area contributed by atoms with Crippen LogP contribution in [-0.2, 0) is 26.5 Å². The fourth-order valence-corrected chi connectivity index (χ4v) is 6.32. The van der Waals surface area contributed by atoms with Crippen LogP contribution in [0.1, 0.15) is 30.7 Å². The predicted molar refractivity (Wildman–Crippen MR) is 141 cm³/mol. The van der Waals surface area contributed by atoms with Gasteiger partial charge < -0.3 is 0 Å². The lowest BCUT2D eigenvalue weighted by molar-refractivity contribution is 0.445. The molecule has 0 saturated carbocycles. The van der Waals surface area contributed by atoms with Crippen molar-refractivity contribution in [2.45, 2.75) is 37.0 Å². The molecule has 36 heavy (non-hydrogen) atoms. The van der Waals surface area contributed by atoms with E-state index in [2.05, 4.69) is 14.7 Å². The summed E-state index contributed by atoms with van der Waals surface area (Å²) >= 11 is 0. The van der Waals surface area contributed by atoms with Crippen LogP contribution in [0.4, 0.5) is 5.82 Å². The molecule has 1 aromatic heterocycles. The van der Waals surface area contributed by atoms with E-state index in [9.17, 15) is 16.8 Å². The highest BCUT2D eigenvalue weighted by Gasteiger charge is 2.22. The summed E-state index contributed by atoms with van der Waals surface area (Å²) in [5, 5.41) is 0. The monoisotopic (exact) mass is 524 g/mol. The quantitative estimate of drug-likeness (QED) is 0.348. The average Bonchev–Trinajstić information content (AvgIpc) is 2.85. The van der Waals surface area contributed by atoms with Crippen molar-refractivity contribution in [2.24, 2.45) is 0 Å². The second kappa shape index (κ2) is 10.3. The zero-order chi connectivity index (χ0) is 25.9. The summed E-state index contributed by atoms with van der Waals surface area (Å²) in [6, 6.07) is 20.3. The van der Waals surface area contributed by atoms with E-state index in [4.69, 9.17) is 0 Å². The number of aryl methyl sites for hydroxylation is 1. The van der Waals surface area contributed by atoms with Crippen molar-refractivity contribution >= 4 is 36.9 Å². The van der Waals surface area contributed by atoms with E-state index in [-0.39, 0.29) is 22.0 Å². The number of rotatable bonds is 9. The number of nitrogens with one attached hydrogen (secondary N) is 1. The van der Waals surface area contributed by atoms with Gasteiger partial charge in [-0.2, -0.15) is 4.31 Å². The third-order valence-electron chi connectivity index (χ3n) is 5.84. The van der Waals surface area contributed by atoms with Gasteiger partial charge in [0.15, 0.2) is 5.82 Å². The van der Waals surface area contributed by atoms with E-state index >= 15 is 0 Å². The molecule has 1 N–H and O–H groups in total. The van der Waals surface area contributed by atoms with Crippen LogP contribution < -0.4 is 4.72 Å². The van der Waals surface area contributed by atoms with Gasteiger partial charge in [-0.1, -0.05) is 55.8 Å². The Balaban J connectivity index is 1.70. The molecular weight excluding hydrogens is 496 g/mol. The molecule has 8 nitrogen and oxygen atoms in total. The molecule has 3 aromatic carbocycles. The van der Waals surface area contributed by atoms with E-state index in [0.29, 0.717) is 29.8 Å². The Morgan fingerprint density at radius 3 is 1.89 bits per heavy atom. The third kappa shape index (κ3) is 5.40. The van der Waals surface area contributed by atoms with Gasteiger partial charge in [-0.3, -0.25) is 4.72 Å². The number of aromatic nitrogens is 2. The molecular formula is C26H28N4O4S2. The van der Waals surface area contributed by atoms with Crippen LogP contribution >= 0.6 is 0 Å². The zero-order valence-electron chi connectivity index (χ0n) is 20.3. The van der Waals surface area contributed by atoms with Crippen molar-refractivity contribution in [2.75, 3.05) is 17.8 Å². The molecule has 0 radical (unpaired) electrons. The van der Waals surface area contributed by atoms with E-state index in [1.807, 2.05) is 25.1 Å². The summed E-state index contributed by atoms with van der Waals surface area (Å²) in [6.45, 7) is 6.25. The van der Waals surface area contributed by atoms with Gasteiger partial charge in [0, 0.05) is 19.5 Å². The molecule has 0 bridgehead atoms. The van der Waals surface area contributed by atoms with Gasteiger partial charge in [0.05, 0.1) is 26.5 Å². The van der Waals surface area contributed by atoms with Gasteiger partial charge in [-0.25, -0.2) is 26.8 Å². The minimum atomic E-state index is -3.89. The molecule has 1 heterocycles. The molecule has 188 valence electrons. The van der Waals surface area contributed by atoms with Gasteiger partial charge >= 0.3 is 0 Å². The van der Waals surface area contributed by atoms with Crippen LogP contribution in [0, 0.1) is 6.92 Å². The first-order chi connectivity index (χ1) is 17.1. The van der Waals surface area contributed by atoms with Crippen molar-refractivity contribution in [3.05, 3.63) is 89.6 Å². The average molecular weight is 525 g/mol. The summed E-state index contributed by atoms with van der Waals surface area (Å²) < 4.78 is 55.8. The van der Waals surface area contributed by atoms with Crippen molar-refractivity contribution in [1.29, 1.82) is 0 Å². The number of nitrogens with zero attached hydrogens (tertiary/aromatic N) is 3. The second-order valence-electron chi connectivity index (χ2n) is 8.34. The van der Waals surface area contributed by atoms with Crippen LogP contribution in [0.5, 0.6) is 0 Å². The van der Waals surface area contributed by atoms with E-state index < -0.39 is 20.0 Å². The fraction of sp³-hybridized carbons (Fsp3) is 0.231. The molecule has 4 rings (SSSR count). The Morgan fingerprint density at radius 2 is 1.31 bits per heavy atom. The van der Waals surface area contributed by atoms with Gasteiger partial charge in [0.25, 0.3) is 10.0 Å². The first kappa shape index (κ1) is 25.7. The maximum Gasteiger partial charge on any atom is 0.263 e. The first-order valence-corrected chi connectivity index (χ1v) is 14.5. The molecule has 0 amide bonds. The highest BCUT2D eigenvalue weighted by atomic mass is 32.2. The summed E-state index contributed by atoms with van der Waals surface area (Å²) in [6.07, 6.45) is 0.259. The maximum absolute atomic E-state index is 13.1. The summed E-state index contributed by atoms with van der Waals surface area (Å²) in [4.78, 5) is 9.55. The number of hydrogen-bond donors (Lipinski definition) is 1. The van der Waals surface area contributed by atoms with Crippen molar-refractivity contribution in [3.63, 3.8) is 0 Å². The smallest absolute Gasteiger partial charge is 0.262 e. The van der Waals surface area contributed by atoms with Crippen LogP contribution in [0.25, 0.3) is 11.0 Å². The normalized spacial score (nSPS) is 12.2. The van der Waals surface area contributed by atoms with Crippen molar-refractivity contribution in [1.82, 2.24) is 14.3 Å². The number of fused-ring (bicyclic) bond motifs is 1. The Bertz CT molecular complexity index is 1580. The predicted octanol–water partition coefficient (Wildman–Crippen LogP) is 4.36. The van der Waals surface area contributed by atoms with E-state index in [1.54, 1.807) is 68.4 Å². The highest BCUT2D eigenvalue weighted by molar-refractivity contribution is 7.92. The van der Waals surface area contributed by atoms with E-state index in [1.165, 1.54) is 4.31 Å². The molecule has 0 atom stereocenters. The minimum Gasteiger partial charge on any atom is -0.262 e. The Kier molecular flexibility index (Phi) is 7.39. The lowest BCUT2D eigenvalue weighted by Gasteiger charge is -2.18. The number of para-hydroxylation sites is 2. The zero-order valence-corrected chi connectivity index (χ0v) is 22.0. The van der Waals surface area contributed by atoms with Crippen LogP contribution in [0.2, 0.25) is 0 Å². The summed E-state index contributed by atoms with van der Waals surface area (Å²) in [5.41, 5.74) is 3.35. The number of benzene rings is 3. The largest absolute Gasteiger partial charge is 0.263 e. The number of sulfonamides is 2. The topological polar surface area (TPSA) is 109 Å². The molecule has 0 aliphatic heterocycles. The number of hydrogen-bond acceptors (Lipinski definition) is 6. The van der Waals surface area contributed by atoms with Crippen LogP contribution in [-0.4, -0.2) is 44.2 Å². The third-order valence-corrected chi connectivity index (χ3v) is 9.26. The van der Waals surface area contributed by atoms with Gasteiger partial charge in [-0.05, 0) is 48.9 Å². The Morgan fingerprint density at radius 1 is 0.750 bits per heavy atom. The highest BCUT2D eigenvalue weighted by Crippen LogP contribution is 2.24. The number of anilines is 1. The molecule has 0 unspecified atom stereocenters. The molecule has 0 fully saturated rings. The standard InChI is InChI=1S/C26H28N4O4S2/c1-4-30(5-2)36(33,34)22-16-12-20(13-17-22)18-25-26(28-24-9-7-6-8-23(24)27-25)29-35(31,32)21-14-10-19(3)11-15-21/h6-17H,4-5,18H2,1-3H3,(H,28,29). The lowest BCUT2D eigenvalue weighted by Crippen LogP contribution is -2.30. The molecule has 0 spiro atoms. The minimum absolute atomic E-state index is 0.125. The SMILES string of the molecule is CCN(CC)S(=O)(=O)c1ccc(Cc2nc3ccccc3nc2NS(=O)(=O)c2ccc(C)cc2)cc1.